The molecule has 6 nitrogen and oxygen atoms in total. The summed E-state index contributed by atoms with van der Waals surface area (Å²) in [5, 5.41) is 3.30. The second-order valence-corrected chi connectivity index (χ2v) is 7.65. The maximum Gasteiger partial charge on any atom is 0.264 e. The maximum atomic E-state index is 12.2. The molecule has 0 aromatic heterocycles. The Kier molecular flexibility index (Phi) is 5.98. The van der Waals surface area contributed by atoms with Gasteiger partial charge in [0.1, 0.15) is 5.75 Å². The van der Waals surface area contributed by atoms with E-state index in [0.717, 1.165) is 16.8 Å². The highest BCUT2D eigenvalue weighted by Gasteiger charge is 2.23. The number of carbonyl (C=O) groups excluding carboxylic acids is 2. The molecule has 0 aliphatic carbocycles. The number of ether oxygens (including phenoxy) is 1. The normalized spacial score (nSPS) is 16.6. The third-order valence-electron chi connectivity index (χ3n) is 3.54. The molecule has 1 aliphatic heterocycles. The zero-order chi connectivity index (χ0) is 19.4. The van der Waals surface area contributed by atoms with Gasteiger partial charge in [-0.05, 0) is 70.5 Å². The van der Waals surface area contributed by atoms with Crippen LogP contribution in [0.5, 0.6) is 5.75 Å². The van der Waals surface area contributed by atoms with Crippen LogP contribution in [0.1, 0.15) is 11.1 Å². The van der Waals surface area contributed by atoms with E-state index in [1.54, 1.807) is 24.3 Å². The van der Waals surface area contributed by atoms with Crippen molar-refractivity contribution in [3.05, 3.63) is 63.0 Å². The van der Waals surface area contributed by atoms with Gasteiger partial charge in [0, 0.05) is 0 Å². The molecule has 3 rings (SSSR count). The first kappa shape index (κ1) is 19.2. The van der Waals surface area contributed by atoms with Gasteiger partial charge in [0.05, 0.1) is 15.1 Å². The quantitative estimate of drug-likeness (QED) is 0.688. The van der Waals surface area contributed by atoms with Gasteiger partial charge in [0.25, 0.3) is 11.8 Å². The highest BCUT2D eigenvalue weighted by Crippen LogP contribution is 2.31. The Morgan fingerprint density at radius 2 is 2.04 bits per heavy atom. The Labute approximate surface area is 169 Å². The molecule has 3 N–H and O–H groups in total. The van der Waals surface area contributed by atoms with Crippen LogP contribution in [0.15, 0.2) is 56.8 Å². The van der Waals surface area contributed by atoms with Crippen molar-refractivity contribution in [3.63, 3.8) is 0 Å². The van der Waals surface area contributed by atoms with Crippen molar-refractivity contribution in [1.29, 1.82) is 0 Å². The van der Waals surface area contributed by atoms with Crippen molar-refractivity contribution in [2.24, 2.45) is 10.7 Å². The molecule has 2 aromatic carbocycles. The number of primary amides is 1. The number of nitrogens with one attached hydrogen (secondary N) is 1. The predicted molar refractivity (Wildman–Crippen MR) is 111 cm³/mol. The van der Waals surface area contributed by atoms with Gasteiger partial charge in [-0.25, -0.2) is 4.99 Å². The summed E-state index contributed by atoms with van der Waals surface area (Å²) >= 11 is 4.67. The summed E-state index contributed by atoms with van der Waals surface area (Å²) in [7, 11) is 0. The number of halogens is 1. The van der Waals surface area contributed by atoms with Crippen LogP contribution in [-0.4, -0.2) is 23.6 Å². The van der Waals surface area contributed by atoms with E-state index in [1.807, 2.05) is 31.2 Å². The smallest absolute Gasteiger partial charge is 0.264 e. The maximum absolute atomic E-state index is 12.2. The second-order valence-electron chi connectivity index (χ2n) is 5.76. The van der Waals surface area contributed by atoms with Gasteiger partial charge < -0.3 is 15.8 Å². The second kappa shape index (κ2) is 8.41. The summed E-state index contributed by atoms with van der Waals surface area (Å²) in [6, 6.07) is 13.0. The minimum Gasteiger partial charge on any atom is -0.483 e. The van der Waals surface area contributed by atoms with Crippen LogP contribution in [0.2, 0.25) is 0 Å². The SMILES string of the molecule is Cc1ccc(N=C2NC(=O)/C(=C/c3ccc(OCC(N)=O)c(Br)c3)S2)cc1. The van der Waals surface area contributed by atoms with E-state index < -0.39 is 5.91 Å². The average Bonchev–Trinajstić information content (AvgIpc) is 2.95. The molecule has 0 spiro atoms. The van der Waals surface area contributed by atoms with Gasteiger partial charge in [-0.15, -0.1) is 0 Å². The first-order chi connectivity index (χ1) is 12.9. The van der Waals surface area contributed by atoms with Crippen molar-refractivity contribution < 1.29 is 14.3 Å². The Morgan fingerprint density at radius 1 is 1.30 bits per heavy atom. The summed E-state index contributed by atoms with van der Waals surface area (Å²) in [5.74, 6) is -0.246. The molecule has 0 bridgehead atoms. The number of aliphatic imine (C=N–C) groups is 1. The highest BCUT2D eigenvalue weighted by atomic mass is 79.9. The lowest BCUT2D eigenvalue weighted by molar-refractivity contribution is -0.120. The van der Waals surface area contributed by atoms with Gasteiger partial charge in [0.15, 0.2) is 11.8 Å². The molecule has 0 saturated carbocycles. The van der Waals surface area contributed by atoms with Crippen molar-refractivity contribution >= 4 is 56.4 Å². The number of hydrogen-bond donors (Lipinski definition) is 2. The summed E-state index contributed by atoms with van der Waals surface area (Å²) in [5.41, 5.74) is 7.81. The van der Waals surface area contributed by atoms with Gasteiger partial charge in [0.2, 0.25) is 0 Å². The van der Waals surface area contributed by atoms with Gasteiger partial charge in [-0.2, -0.15) is 0 Å². The lowest BCUT2D eigenvalue weighted by atomic mass is 10.2. The molecule has 8 heteroatoms. The van der Waals surface area contributed by atoms with E-state index in [2.05, 4.69) is 26.2 Å². The zero-order valence-corrected chi connectivity index (χ0v) is 16.8. The predicted octanol–water partition coefficient (Wildman–Crippen LogP) is 3.51. The van der Waals surface area contributed by atoms with Crippen LogP contribution in [0.25, 0.3) is 6.08 Å². The molecule has 27 heavy (non-hydrogen) atoms. The fourth-order valence-electron chi connectivity index (χ4n) is 2.24. The van der Waals surface area contributed by atoms with Crippen LogP contribution in [-0.2, 0) is 9.59 Å². The molecule has 1 fully saturated rings. The fourth-order valence-corrected chi connectivity index (χ4v) is 3.59. The Balaban J connectivity index is 1.75. The minimum atomic E-state index is -0.549. The molecular formula is C19H16BrN3O3S. The first-order valence-corrected chi connectivity index (χ1v) is 9.58. The van der Waals surface area contributed by atoms with E-state index >= 15 is 0 Å². The van der Waals surface area contributed by atoms with Crippen molar-refractivity contribution in [2.45, 2.75) is 6.92 Å². The topological polar surface area (TPSA) is 93.8 Å². The Bertz CT molecular complexity index is 955. The zero-order valence-electron chi connectivity index (χ0n) is 14.4. The number of carbonyl (C=O) groups is 2. The largest absolute Gasteiger partial charge is 0.483 e. The van der Waals surface area contributed by atoms with E-state index in [1.165, 1.54) is 11.8 Å². The number of hydrogen-bond acceptors (Lipinski definition) is 5. The van der Waals surface area contributed by atoms with Crippen LogP contribution in [0.3, 0.4) is 0 Å². The number of aryl methyl sites for hydroxylation is 1. The molecule has 2 aromatic rings. The fraction of sp³-hybridized carbons (Fsp3) is 0.105. The van der Waals surface area contributed by atoms with Crippen LogP contribution in [0, 0.1) is 6.92 Å². The van der Waals surface area contributed by atoms with Crippen molar-refractivity contribution in [1.82, 2.24) is 5.32 Å². The number of amidine groups is 1. The third kappa shape index (κ3) is 5.21. The molecule has 0 unspecified atom stereocenters. The summed E-state index contributed by atoms with van der Waals surface area (Å²) < 4.78 is 5.95. The number of rotatable bonds is 5. The van der Waals surface area contributed by atoms with Crippen LogP contribution < -0.4 is 15.8 Å². The highest BCUT2D eigenvalue weighted by molar-refractivity contribution is 9.10. The molecule has 0 radical (unpaired) electrons. The molecule has 1 heterocycles. The van der Waals surface area contributed by atoms with Crippen molar-refractivity contribution in [3.8, 4) is 5.75 Å². The third-order valence-corrected chi connectivity index (χ3v) is 5.07. The van der Waals surface area contributed by atoms with Gasteiger partial charge in [-0.3, -0.25) is 9.59 Å². The molecular weight excluding hydrogens is 430 g/mol. The molecule has 1 aliphatic rings. The number of benzene rings is 2. The van der Waals surface area contributed by atoms with Gasteiger partial charge in [-0.1, -0.05) is 23.8 Å². The lowest BCUT2D eigenvalue weighted by Gasteiger charge is -2.06. The van der Waals surface area contributed by atoms with Crippen LogP contribution in [0.4, 0.5) is 5.69 Å². The molecule has 0 atom stereocenters. The average molecular weight is 446 g/mol. The Hall–Kier alpha value is -2.58. The standard InChI is InChI=1S/C19H16BrN3O3S/c1-11-2-5-13(6-3-11)22-19-23-18(25)16(27-19)9-12-4-7-15(14(20)8-12)26-10-17(21)24/h2-9H,10H2,1H3,(H2,21,24)(H,22,23,25)/b16-9-. The summed E-state index contributed by atoms with van der Waals surface area (Å²) in [4.78, 5) is 28.0. The number of thioether (sulfide) groups is 1. The molecule has 1 saturated heterocycles. The van der Waals surface area contributed by atoms with E-state index in [-0.39, 0.29) is 12.5 Å². The number of amides is 2. The summed E-state index contributed by atoms with van der Waals surface area (Å²) in [6.45, 7) is 1.81. The first-order valence-electron chi connectivity index (χ1n) is 7.97. The number of nitrogens with two attached hydrogens (primary N) is 1. The Morgan fingerprint density at radius 3 is 2.70 bits per heavy atom. The lowest BCUT2D eigenvalue weighted by Crippen LogP contribution is -2.20. The minimum absolute atomic E-state index is 0.198. The van der Waals surface area contributed by atoms with Crippen LogP contribution >= 0.6 is 27.7 Å². The van der Waals surface area contributed by atoms with Crippen molar-refractivity contribution in [2.75, 3.05) is 6.61 Å². The molecule has 2 amide bonds. The number of nitrogens with zero attached hydrogens (tertiary/aromatic N) is 1. The monoisotopic (exact) mass is 445 g/mol. The van der Waals surface area contributed by atoms with Gasteiger partial charge >= 0.3 is 0 Å². The van der Waals surface area contributed by atoms with E-state index in [0.29, 0.717) is 20.3 Å². The molecule has 138 valence electrons. The van der Waals surface area contributed by atoms with E-state index in [9.17, 15) is 9.59 Å². The van der Waals surface area contributed by atoms with E-state index in [4.69, 9.17) is 10.5 Å². The summed E-state index contributed by atoms with van der Waals surface area (Å²) in [6.07, 6.45) is 1.76.